The molecule has 88 valence electrons. The van der Waals surface area contributed by atoms with Gasteiger partial charge in [0.25, 0.3) is 0 Å². The van der Waals surface area contributed by atoms with Crippen molar-refractivity contribution in [2.24, 2.45) is 5.73 Å². The number of amides is 2. The molecule has 0 saturated carbocycles. The lowest BCUT2D eigenvalue weighted by molar-refractivity contribution is -0.125. The van der Waals surface area contributed by atoms with E-state index in [0.29, 0.717) is 11.6 Å². The Hall–Kier alpha value is -1.89. The van der Waals surface area contributed by atoms with Crippen LogP contribution in [0.25, 0.3) is 0 Å². The van der Waals surface area contributed by atoms with Gasteiger partial charge in [0.15, 0.2) is 5.82 Å². The van der Waals surface area contributed by atoms with E-state index in [2.05, 4.69) is 15.8 Å². The number of carbonyl (C=O) groups excluding carboxylic acids is 2. The van der Waals surface area contributed by atoms with E-state index < -0.39 is 6.04 Å². The Balaban J connectivity index is 2.49. The highest BCUT2D eigenvalue weighted by molar-refractivity contribution is 5.96. The van der Waals surface area contributed by atoms with Gasteiger partial charge < -0.3 is 20.9 Å². The van der Waals surface area contributed by atoms with E-state index in [9.17, 15) is 9.59 Å². The van der Waals surface area contributed by atoms with Crippen LogP contribution in [0.1, 0.15) is 12.7 Å². The SMILES string of the molecule is Cc1cc(NC(=O)[C@@H](C)NC(=O)CN)no1. The zero-order valence-electron chi connectivity index (χ0n) is 9.11. The van der Waals surface area contributed by atoms with Gasteiger partial charge in [-0.2, -0.15) is 0 Å². The molecule has 0 aliphatic carbocycles. The number of rotatable bonds is 4. The van der Waals surface area contributed by atoms with Crippen molar-refractivity contribution in [3.05, 3.63) is 11.8 Å². The molecule has 0 saturated heterocycles. The highest BCUT2D eigenvalue weighted by Crippen LogP contribution is 2.07. The Kier molecular flexibility index (Phi) is 4.01. The van der Waals surface area contributed by atoms with Crippen LogP contribution in [0.4, 0.5) is 5.82 Å². The van der Waals surface area contributed by atoms with Gasteiger partial charge in [-0.15, -0.1) is 0 Å². The molecule has 0 aromatic carbocycles. The van der Waals surface area contributed by atoms with E-state index in [1.807, 2.05) is 0 Å². The topological polar surface area (TPSA) is 110 Å². The molecular formula is C9H14N4O3. The number of carbonyl (C=O) groups is 2. The quantitative estimate of drug-likeness (QED) is 0.634. The third kappa shape index (κ3) is 3.35. The molecular weight excluding hydrogens is 212 g/mol. The minimum atomic E-state index is -0.673. The van der Waals surface area contributed by atoms with Gasteiger partial charge in [0.2, 0.25) is 11.8 Å². The van der Waals surface area contributed by atoms with E-state index in [4.69, 9.17) is 10.3 Å². The van der Waals surface area contributed by atoms with Gasteiger partial charge in [0, 0.05) is 6.07 Å². The summed E-state index contributed by atoms with van der Waals surface area (Å²) in [5.74, 6) is 0.138. The number of hydrogen-bond donors (Lipinski definition) is 3. The summed E-state index contributed by atoms with van der Waals surface area (Å²) < 4.78 is 4.78. The number of aryl methyl sites for hydroxylation is 1. The van der Waals surface area contributed by atoms with Crippen molar-refractivity contribution in [2.75, 3.05) is 11.9 Å². The summed E-state index contributed by atoms with van der Waals surface area (Å²) >= 11 is 0. The average molecular weight is 226 g/mol. The minimum Gasteiger partial charge on any atom is -0.360 e. The first-order valence-corrected chi connectivity index (χ1v) is 4.76. The number of aromatic nitrogens is 1. The third-order valence-corrected chi connectivity index (χ3v) is 1.84. The summed E-state index contributed by atoms with van der Waals surface area (Å²) in [4.78, 5) is 22.5. The van der Waals surface area contributed by atoms with Crippen molar-refractivity contribution < 1.29 is 14.1 Å². The molecule has 4 N–H and O–H groups in total. The molecule has 0 bridgehead atoms. The van der Waals surface area contributed by atoms with E-state index in [-0.39, 0.29) is 18.4 Å². The van der Waals surface area contributed by atoms with Gasteiger partial charge >= 0.3 is 0 Å². The van der Waals surface area contributed by atoms with Crippen molar-refractivity contribution >= 4 is 17.6 Å². The van der Waals surface area contributed by atoms with Crippen molar-refractivity contribution in [1.82, 2.24) is 10.5 Å². The van der Waals surface area contributed by atoms with Crippen LogP contribution in [0.2, 0.25) is 0 Å². The van der Waals surface area contributed by atoms with Gasteiger partial charge in [-0.1, -0.05) is 5.16 Å². The molecule has 7 heteroatoms. The maximum atomic E-state index is 11.5. The second-order valence-corrected chi connectivity index (χ2v) is 3.31. The number of nitrogens with one attached hydrogen (secondary N) is 2. The summed E-state index contributed by atoms with van der Waals surface area (Å²) in [6.07, 6.45) is 0. The summed E-state index contributed by atoms with van der Waals surface area (Å²) in [6, 6.07) is 0.906. The van der Waals surface area contributed by atoms with Crippen LogP contribution < -0.4 is 16.4 Å². The smallest absolute Gasteiger partial charge is 0.247 e. The molecule has 7 nitrogen and oxygen atoms in total. The van der Waals surface area contributed by atoms with Crippen molar-refractivity contribution in [3.8, 4) is 0 Å². The Bertz CT molecular complexity index is 388. The van der Waals surface area contributed by atoms with Crippen molar-refractivity contribution in [2.45, 2.75) is 19.9 Å². The molecule has 0 aliphatic rings. The molecule has 1 aromatic heterocycles. The molecule has 1 heterocycles. The van der Waals surface area contributed by atoms with E-state index in [1.165, 1.54) is 0 Å². The summed E-state index contributed by atoms with van der Waals surface area (Å²) in [5.41, 5.74) is 5.11. The lowest BCUT2D eigenvalue weighted by atomic mass is 10.3. The summed E-state index contributed by atoms with van der Waals surface area (Å²) in [6.45, 7) is 3.11. The Morgan fingerprint density at radius 3 is 2.81 bits per heavy atom. The van der Waals surface area contributed by atoms with Gasteiger partial charge in [-0.05, 0) is 13.8 Å². The molecule has 1 aromatic rings. The molecule has 0 spiro atoms. The van der Waals surface area contributed by atoms with Crippen LogP contribution in [-0.4, -0.2) is 29.6 Å². The summed E-state index contributed by atoms with van der Waals surface area (Å²) in [7, 11) is 0. The molecule has 1 atom stereocenters. The number of nitrogens with zero attached hydrogens (tertiary/aromatic N) is 1. The monoisotopic (exact) mass is 226 g/mol. The van der Waals surface area contributed by atoms with Crippen LogP contribution in [0.15, 0.2) is 10.6 Å². The lowest BCUT2D eigenvalue weighted by Crippen LogP contribution is -2.44. The average Bonchev–Trinajstić information content (AvgIpc) is 2.63. The standard InChI is InChI=1S/C9H14N4O3/c1-5-3-7(13-16-5)12-9(15)6(2)11-8(14)4-10/h3,6H,4,10H2,1-2H3,(H,11,14)(H,12,13,15)/t6-/m1/s1. The Morgan fingerprint density at radius 1 is 1.62 bits per heavy atom. The maximum absolute atomic E-state index is 11.5. The van der Waals surface area contributed by atoms with Gasteiger partial charge in [-0.3, -0.25) is 9.59 Å². The molecule has 1 rings (SSSR count). The third-order valence-electron chi connectivity index (χ3n) is 1.84. The van der Waals surface area contributed by atoms with Crippen molar-refractivity contribution in [3.63, 3.8) is 0 Å². The first-order chi connectivity index (χ1) is 7.52. The van der Waals surface area contributed by atoms with Crippen LogP contribution in [0, 0.1) is 6.92 Å². The predicted octanol–water partition coefficient (Wildman–Crippen LogP) is -0.615. The minimum absolute atomic E-state index is 0.152. The van der Waals surface area contributed by atoms with Crippen LogP contribution in [-0.2, 0) is 9.59 Å². The second-order valence-electron chi connectivity index (χ2n) is 3.31. The zero-order chi connectivity index (χ0) is 12.1. The van der Waals surface area contributed by atoms with Crippen LogP contribution in [0.3, 0.4) is 0 Å². The zero-order valence-corrected chi connectivity index (χ0v) is 9.11. The molecule has 2 amide bonds. The van der Waals surface area contributed by atoms with Gasteiger partial charge in [0.1, 0.15) is 11.8 Å². The first-order valence-electron chi connectivity index (χ1n) is 4.76. The molecule has 0 radical (unpaired) electrons. The molecule has 16 heavy (non-hydrogen) atoms. The fraction of sp³-hybridized carbons (Fsp3) is 0.444. The van der Waals surface area contributed by atoms with Gasteiger partial charge in [-0.25, -0.2) is 0 Å². The van der Waals surface area contributed by atoms with E-state index >= 15 is 0 Å². The molecule has 0 unspecified atom stereocenters. The number of nitrogens with two attached hydrogens (primary N) is 1. The highest BCUT2D eigenvalue weighted by Gasteiger charge is 2.15. The fourth-order valence-electron chi connectivity index (χ4n) is 1.03. The molecule has 0 aliphatic heterocycles. The van der Waals surface area contributed by atoms with E-state index in [1.54, 1.807) is 19.9 Å². The largest absolute Gasteiger partial charge is 0.360 e. The van der Waals surface area contributed by atoms with Crippen molar-refractivity contribution in [1.29, 1.82) is 0 Å². The Labute approximate surface area is 92.3 Å². The summed E-state index contributed by atoms with van der Waals surface area (Å²) in [5, 5.41) is 8.51. The maximum Gasteiger partial charge on any atom is 0.247 e. The first kappa shape index (κ1) is 12.2. The van der Waals surface area contributed by atoms with Gasteiger partial charge in [0.05, 0.1) is 6.54 Å². The normalized spacial score (nSPS) is 11.9. The highest BCUT2D eigenvalue weighted by atomic mass is 16.5. The molecule has 0 fully saturated rings. The lowest BCUT2D eigenvalue weighted by Gasteiger charge is -2.11. The fourth-order valence-corrected chi connectivity index (χ4v) is 1.03. The second kappa shape index (κ2) is 5.26. The van der Waals surface area contributed by atoms with Crippen LogP contribution in [0.5, 0.6) is 0 Å². The predicted molar refractivity (Wildman–Crippen MR) is 56.5 cm³/mol. The number of hydrogen-bond acceptors (Lipinski definition) is 5. The van der Waals surface area contributed by atoms with Crippen LogP contribution >= 0.6 is 0 Å². The van der Waals surface area contributed by atoms with E-state index in [0.717, 1.165) is 0 Å². The Morgan fingerprint density at radius 2 is 2.31 bits per heavy atom. The number of anilines is 1.